The van der Waals surface area contributed by atoms with Gasteiger partial charge in [-0.3, -0.25) is 0 Å². The molecule has 88 valence electrons. The molecule has 0 aliphatic rings. The van der Waals surface area contributed by atoms with Crippen molar-refractivity contribution in [2.75, 3.05) is 0 Å². The second-order valence-corrected chi connectivity index (χ2v) is 20.8. The highest BCUT2D eigenvalue weighted by molar-refractivity contribution is 8.35. The fraction of sp³-hybridized carbons (Fsp3) is 0. The predicted octanol–water partition coefficient (Wildman–Crippen LogP) is 5.47. The van der Waals surface area contributed by atoms with Crippen LogP contribution in [0.2, 0.25) is 0 Å². The zero-order valence-corrected chi connectivity index (χ0v) is 15.1. The number of rotatable bonds is 2. The quantitative estimate of drug-likeness (QED) is 0.509. The van der Waals surface area contributed by atoms with Gasteiger partial charge in [0.05, 0.1) is 0 Å². The van der Waals surface area contributed by atoms with Gasteiger partial charge in [0.15, 0.2) is 33.7 Å². The van der Waals surface area contributed by atoms with Gasteiger partial charge in [0.2, 0.25) is 5.11 Å². The van der Waals surface area contributed by atoms with Crippen LogP contribution in [0.5, 0.6) is 0 Å². The van der Waals surface area contributed by atoms with Crippen LogP contribution in [0.25, 0.3) is 0 Å². The summed E-state index contributed by atoms with van der Waals surface area (Å²) in [4.78, 5) is 0. The summed E-state index contributed by atoms with van der Waals surface area (Å²) in [5, 5.41) is -3.05. The standard InChI is InChI=1S/Cl8N2P3.ClH/c1-11(2,3)9-13(7,8)10-12(4,5)6;/h;1H/q+1;/p-1. The van der Waals surface area contributed by atoms with Crippen molar-refractivity contribution in [3.63, 3.8) is 0 Å². The largest absolute Gasteiger partial charge is 1.00 e. The molecule has 0 saturated heterocycles. The molecule has 14 heavy (non-hydrogen) atoms. The average Bonchev–Trinajstić information content (AvgIpc) is 1.43. The molecule has 14 heteroatoms. The van der Waals surface area contributed by atoms with Crippen molar-refractivity contribution in [3.05, 3.63) is 0 Å². The first-order valence-corrected chi connectivity index (χ1v) is 14.6. The van der Waals surface area contributed by atoms with E-state index in [2.05, 4.69) is 9.03 Å². The third kappa shape index (κ3) is 13.6. The monoisotopic (exact) mass is 436 g/mol. The van der Waals surface area contributed by atoms with Gasteiger partial charge in [-0.1, -0.05) is 0 Å². The molecule has 0 aliphatic heterocycles. The van der Waals surface area contributed by atoms with Crippen LogP contribution in [0.4, 0.5) is 0 Å². The van der Waals surface area contributed by atoms with Crippen LogP contribution in [-0.2, 0) is 0 Å². The minimum Gasteiger partial charge on any atom is -1.00 e. The van der Waals surface area contributed by atoms with E-state index >= 15 is 0 Å². The van der Waals surface area contributed by atoms with Gasteiger partial charge in [0, 0.05) is 0 Å². The summed E-state index contributed by atoms with van der Waals surface area (Å²) in [6, 6.07) is 0. The second-order valence-electron chi connectivity index (χ2n) is 1.47. The van der Waals surface area contributed by atoms with Crippen molar-refractivity contribution in [1.82, 2.24) is 0 Å². The normalized spacial score (nSPS) is 13.1. The SMILES string of the molecule is ClP(Cl)(Cl)=NP(Cl)(Cl)=N[P+](Cl)(Cl)Cl.[Cl-]. The minimum atomic E-state index is -3.18. The van der Waals surface area contributed by atoms with Crippen molar-refractivity contribution < 1.29 is 12.4 Å². The van der Waals surface area contributed by atoms with Crippen molar-refractivity contribution in [2.45, 2.75) is 0 Å². The van der Waals surface area contributed by atoms with Crippen LogP contribution < -0.4 is 12.4 Å². The first kappa shape index (κ1) is 19.8. The summed E-state index contributed by atoms with van der Waals surface area (Å²) in [5.74, 6) is -3.18. The molecule has 0 amide bonds. The Morgan fingerprint density at radius 1 is 0.857 bits per heavy atom. The topological polar surface area (TPSA) is 24.7 Å². The summed E-state index contributed by atoms with van der Waals surface area (Å²) in [7, 11) is 0. The van der Waals surface area contributed by atoms with E-state index in [-0.39, 0.29) is 12.4 Å². The Labute approximate surface area is 126 Å². The third-order valence-electron chi connectivity index (χ3n) is 0.418. The molecule has 0 atom stereocenters. The molecule has 0 unspecified atom stereocenters. The van der Waals surface area contributed by atoms with Crippen LogP contribution in [0, 0.1) is 0 Å². The van der Waals surface area contributed by atoms with Crippen LogP contribution in [0.3, 0.4) is 0 Å². The van der Waals surface area contributed by atoms with Gasteiger partial charge in [-0.05, 0) is 60.7 Å². The highest BCUT2D eigenvalue weighted by Gasteiger charge is 2.37. The average molecular weight is 440 g/mol. The van der Waals surface area contributed by atoms with Crippen LogP contribution >= 0.6 is 106 Å². The highest BCUT2D eigenvalue weighted by atomic mass is 36.1. The maximum Gasteiger partial charge on any atom is 0.423 e. The Hall–Kier alpha value is 3.50. The Morgan fingerprint density at radius 3 is 1.43 bits per heavy atom. The van der Waals surface area contributed by atoms with Crippen molar-refractivity contribution in [1.29, 1.82) is 0 Å². The van der Waals surface area contributed by atoms with Gasteiger partial charge >= 0.3 is 5.47 Å². The fourth-order valence-electron chi connectivity index (χ4n) is 0.262. The van der Waals surface area contributed by atoms with Crippen molar-refractivity contribution in [2.24, 2.45) is 9.03 Å². The molecule has 0 spiro atoms. The summed E-state index contributed by atoms with van der Waals surface area (Å²) >= 11 is 43.6. The number of nitrogens with zero attached hydrogens (tertiary/aromatic N) is 2. The molecule has 0 aromatic rings. The Balaban J connectivity index is 0. The fourth-order valence-corrected chi connectivity index (χ4v) is 15.4. The van der Waals surface area contributed by atoms with Gasteiger partial charge < -0.3 is 12.4 Å². The molecule has 0 N–H and O–H groups in total. The van der Waals surface area contributed by atoms with Crippen molar-refractivity contribution in [3.8, 4) is 0 Å². The van der Waals surface area contributed by atoms with E-state index < -0.39 is 16.5 Å². The van der Waals surface area contributed by atoms with Crippen molar-refractivity contribution >= 4 is 106 Å². The molecular formula is Cl9N2P3. The van der Waals surface area contributed by atoms with Gasteiger partial charge in [-0.25, -0.2) is 0 Å². The lowest BCUT2D eigenvalue weighted by atomic mass is 13.9. The molecule has 0 radical (unpaired) electrons. The summed E-state index contributed by atoms with van der Waals surface area (Å²) in [5.41, 5.74) is -3.05. The number of halogens is 9. The minimum absolute atomic E-state index is 0. The Kier molecular flexibility index (Phi) is 10.2. The predicted molar refractivity (Wildman–Crippen MR) is 72.4 cm³/mol. The van der Waals surface area contributed by atoms with E-state index in [0.29, 0.717) is 0 Å². The zero-order valence-electron chi connectivity index (χ0n) is 5.64. The lowest BCUT2D eigenvalue weighted by Gasteiger charge is -2.03. The van der Waals surface area contributed by atoms with E-state index in [1.165, 1.54) is 0 Å². The molecule has 0 aliphatic carbocycles. The molecule has 0 bridgehead atoms. The lowest BCUT2D eigenvalue weighted by molar-refractivity contribution is -0.00000219. The lowest BCUT2D eigenvalue weighted by Crippen LogP contribution is -3.00. The van der Waals surface area contributed by atoms with Crippen LogP contribution in [0.1, 0.15) is 0 Å². The molecule has 0 aromatic heterocycles. The molecule has 2 nitrogen and oxygen atoms in total. The molecule has 0 aromatic carbocycles. The van der Waals surface area contributed by atoms with E-state index in [1.807, 2.05) is 0 Å². The molecule has 0 rings (SSSR count). The van der Waals surface area contributed by atoms with E-state index in [9.17, 15) is 0 Å². The first-order chi connectivity index (χ1) is 5.41. The highest BCUT2D eigenvalue weighted by Crippen LogP contribution is 2.85. The maximum absolute atomic E-state index is 5.60. The second kappa shape index (κ2) is 7.18. The van der Waals surface area contributed by atoms with Gasteiger partial charge in [-0.2, -0.15) is 4.52 Å². The molecule has 0 fully saturated rings. The maximum atomic E-state index is 5.60. The summed E-state index contributed by atoms with van der Waals surface area (Å²) < 4.78 is 6.97. The molecular weight excluding hydrogens is 440 g/mol. The smallest absolute Gasteiger partial charge is 0.423 e. The number of hydrogen-bond donors (Lipinski definition) is 0. The van der Waals surface area contributed by atoms with Crippen LogP contribution in [-0.4, -0.2) is 0 Å². The summed E-state index contributed by atoms with van der Waals surface area (Å²) in [6.45, 7) is 0. The van der Waals surface area contributed by atoms with E-state index in [1.54, 1.807) is 0 Å². The molecule has 0 saturated carbocycles. The Morgan fingerprint density at radius 2 is 1.21 bits per heavy atom. The zero-order chi connectivity index (χ0) is 10.9. The van der Waals surface area contributed by atoms with Crippen LogP contribution in [0.15, 0.2) is 9.03 Å². The first-order valence-electron chi connectivity index (χ1n) is 2.15. The van der Waals surface area contributed by atoms with Gasteiger partial charge in [-0.15, -0.1) is 0 Å². The molecule has 0 heterocycles. The Bertz CT molecular complexity index is 267. The number of hydrogen-bond acceptors (Lipinski definition) is 1. The third-order valence-corrected chi connectivity index (χ3v) is 9.85. The van der Waals surface area contributed by atoms with E-state index in [4.69, 9.17) is 89.9 Å². The van der Waals surface area contributed by atoms with Gasteiger partial charge in [0.25, 0.3) is 5.91 Å². The van der Waals surface area contributed by atoms with Gasteiger partial charge in [0.1, 0.15) is 0 Å². The summed E-state index contributed by atoms with van der Waals surface area (Å²) in [6.07, 6.45) is 0. The van der Waals surface area contributed by atoms with E-state index in [0.717, 1.165) is 0 Å².